The Morgan fingerprint density at radius 3 is 0.429 bits per heavy atom. The molecule has 7 heteroatoms. The maximum atomic E-state index is 0. The zero-order chi connectivity index (χ0) is 0. The molecule has 0 fully saturated rings. The Morgan fingerprint density at radius 1 is 0.429 bits per heavy atom. The zero-order valence-corrected chi connectivity index (χ0v) is 7.44. The third-order valence-corrected chi connectivity index (χ3v) is 0. The van der Waals surface area contributed by atoms with Crippen LogP contribution in [0.5, 0.6) is 0 Å². The van der Waals surface area contributed by atoms with E-state index in [0.29, 0.717) is 0 Å². The van der Waals surface area contributed by atoms with E-state index in [-0.39, 0.29) is 70.2 Å². The standard InChI is InChI=1S/5O.Ti.W/q5*-2;+4;. The van der Waals surface area contributed by atoms with Gasteiger partial charge in [0.2, 0.25) is 0 Å². The van der Waals surface area contributed by atoms with Crippen molar-refractivity contribution in [3.63, 3.8) is 0 Å². The van der Waals surface area contributed by atoms with Crippen molar-refractivity contribution < 1.29 is 70.2 Å². The minimum absolute atomic E-state index is 0. The van der Waals surface area contributed by atoms with Crippen LogP contribution in [0.1, 0.15) is 0 Å². The van der Waals surface area contributed by atoms with Gasteiger partial charge in [0.1, 0.15) is 0 Å². The second-order valence-electron chi connectivity index (χ2n) is 0. The fraction of sp³-hybridized carbons (Fsp3) is 0. The van der Waals surface area contributed by atoms with Crippen molar-refractivity contribution in [1.82, 2.24) is 0 Å². The van der Waals surface area contributed by atoms with Crippen LogP contribution in [0.2, 0.25) is 0 Å². The molecule has 0 aromatic rings. The SMILES string of the molecule is [O-2].[O-2].[O-2].[O-2].[O-2].[Ti+4].[W]. The molecule has 0 radical (unpaired) electrons. The summed E-state index contributed by atoms with van der Waals surface area (Å²) in [6, 6.07) is 0. The Morgan fingerprint density at radius 2 is 0.429 bits per heavy atom. The van der Waals surface area contributed by atoms with Gasteiger partial charge in [0, 0.05) is 21.1 Å². The summed E-state index contributed by atoms with van der Waals surface area (Å²) in [5, 5.41) is 0. The number of rotatable bonds is 0. The Labute approximate surface area is 70.2 Å². The van der Waals surface area contributed by atoms with Crippen LogP contribution in [0, 0.1) is 0 Å². The van der Waals surface area contributed by atoms with E-state index in [0.717, 1.165) is 0 Å². The average Bonchev–Trinajstić information content (AvgIpc) is 0. The summed E-state index contributed by atoms with van der Waals surface area (Å²) < 4.78 is 0. The quantitative estimate of drug-likeness (QED) is 0.526. The molecule has 46 valence electrons. The molecule has 0 saturated carbocycles. The minimum Gasteiger partial charge on any atom is -2.00 e. The first kappa shape index (κ1) is 294. The van der Waals surface area contributed by atoms with Crippen LogP contribution in [0.25, 0.3) is 0 Å². The van der Waals surface area contributed by atoms with Crippen LogP contribution >= 0.6 is 0 Å². The summed E-state index contributed by atoms with van der Waals surface area (Å²) in [7, 11) is 0. The molecule has 0 atom stereocenters. The minimum atomic E-state index is 0. The average molecular weight is 312 g/mol. The van der Waals surface area contributed by atoms with E-state index in [1.165, 1.54) is 0 Å². The van der Waals surface area contributed by atoms with E-state index in [4.69, 9.17) is 0 Å². The molecule has 0 spiro atoms. The summed E-state index contributed by atoms with van der Waals surface area (Å²) in [6.45, 7) is 0. The second-order valence-corrected chi connectivity index (χ2v) is 0. The van der Waals surface area contributed by atoms with Gasteiger partial charge in [-0.2, -0.15) is 0 Å². The topological polar surface area (TPSA) is 142 Å². The molecule has 0 N–H and O–H groups in total. The van der Waals surface area contributed by atoms with E-state index in [2.05, 4.69) is 0 Å². The van der Waals surface area contributed by atoms with Gasteiger partial charge in [-0.25, -0.2) is 0 Å². The van der Waals surface area contributed by atoms with Crippen molar-refractivity contribution in [2.45, 2.75) is 0 Å². The fourth-order valence-electron chi connectivity index (χ4n) is 0. The van der Waals surface area contributed by atoms with Gasteiger partial charge in [-0.3, -0.25) is 0 Å². The predicted molar refractivity (Wildman–Crippen MR) is 3.43 cm³/mol. The third kappa shape index (κ3) is 135. The second kappa shape index (κ2) is 192. The molecule has 0 aliphatic carbocycles. The van der Waals surface area contributed by atoms with Gasteiger partial charge in [0.15, 0.2) is 0 Å². The van der Waals surface area contributed by atoms with Crippen molar-refractivity contribution in [1.29, 1.82) is 0 Å². The van der Waals surface area contributed by atoms with Gasteiger partial charge < -0.3 is 27.4 Å². The Balaban J connectivity index is 0. The van der Waals surface area contributed by atoms with Crippen LogP contribution in [0.3, 0.4) is 0 Å². The summed E-state index contributed by atoms with van der Waals surface area (Å²) in [4.78, 5) is 0. The van der Waals surface area contributed by atoms with E-state index >= 15 is 0 Å². The van der Waals surface area contributed by atoms with Crippen LogP contribution in [-0.4, -0.2) is 0 Å². The van der Waals surface area contributed by atoms with Crippen LogP contribution in [0.4, 0.5) is 0 Å². The van der Waals surface area contributed by atoms with E-state index in [9.17, 15) is 0 Å². The Hall–Kier alpha value is 1.20. The summed E-state index contributed by atoms with van der Waals surface area (Å²) in [5.74, 6) is 0. The molecular weight excluding hydrogens is 312 g/mol. The van der Waals surface area contributed by atoms with Crippen LogP contribution in [-0.2, 0) is 70.2 Å². The molecule has 7 heavy (non-hydrogen) atoms. The van der Waals surface area contributed by atoms with Crippen molar-refractivity contribution in [3.05, 3.63) is 0 Å². The maximum absolute atomic E-state index is 0. The fourth-order valence-corrected chi connectivity index (χ4v) is 0. The molecule has 0 rings (SSSR count). The molecule has 0 saturated heterocycles. The first-order valence-corrected chi connectivity index (χ1v) is 0. The molecule has 0 amide bonds. The molecular formula is O5TiW-6. The molecule has 0 unspecified atom stereocenters. The number of hydrogen-bond donors (Lipinski definition) is 0. The predicted octanol–water partition coefficient (Wildman–Crippen LogP) is -0.599. The monoisotopic (exact) mass is 312 g/mol. The van der Waals surface area contributed by atoms with Crippen LogP contribution in [0.15, 0.2) is 0 Å². The molecule has 0 aromatic heterocycles. The molecule has 5 nitrogen and oxygen atoms in total. The largest absolute Gasteiger partial charge is 4.00 e. The Bertz CT molecular complexity index is 8.04. The van der Waals surface area contributed by atoms with Gasteiger partial charge in [-0.1, -0.05) is 0 Å². The Kier molecular flexibility index (Phi) is 8050. The normalized spacial score (nSPS) is 0. The molecule has 0 aliphatic rings. The zero-order valence-electron chi connectivity index (χ0n) is 2.95. The van der Waals surface area contributed by atoms with Crippen molar-refractivity contribution in [3.8, 4) is 0 Å². The first-order valence-electron chi connectivity index (χ1n) is 0. The van der Waals surface area contributed by atoms with Gasteiger partial charge in [-0.05, 0) is 0 Å². The third-order valence-electron chi connectivity index (χ3n) is 0. The van der Waals surface area contributed by atoms with E-state index in [1.807, 2.05) is 0 Å². The summed E-state index contributed by atoms with van der Waals surface area (Å²) >= 11 is 0. The van der Waals surface area contributed by atoms with Crippen molar-refractivity contribution in [2.75, 3.05) is 0 Å². The summed E-state index contributed by atoms with van der Waals surface area (Å²) in [6.07, 6.45) is 0. The first-order chi connectivity index (χ1) is 0. The molecule has 0 heterocycles. The van der Waals surface area contributed by atoms with Crippen LogP contribution < -0.4 is 0 Å². The summed E-state index contributed by atoms with van der Waals surface area (Å²) in [5.41, 5.74) is 0. The van der Waals surface area contributed by atoms with Crippen molar-refractivity contribution >= 4 is 0 Å². The van der Waals surface area contributed by atoms with Gasteiger partial charge in [0.05, 0.1) is 0 Å². The van der Waals surface area contributed by atoms with Gasteiger partial charge in [0.25, 0.3) is 0 Å². The molecule has 0 aromatic carbocycles. The van der Waals surface area contributed by atoms with Gasteiger partial charge in [-0.15, -0.1) is 0 Å². The molecule has 0 bridgehead atoms. The number of hydrogen-bond acceptors (Lipinski definition) is 0. The smallest absolute Gasteiger partial charge is 2.00 e. The van der Waals surface area contributed by atoms with E-state index < -0.39 is 0 Å². The van der Waals surface area contributed by atoms with Gasteiger partial charge >= 0.3 is 21.7 Å². The molecule has 0 aliphatic heterocycles. The van der Waals surface area contributed by atoms with E-state index in [1.54, 1.807) is 0 Å². The van der Waals surface area contributed by atoms with Crippen molar-refractivity contribution in [2.24, 2.45) is 0 Å². The maximum Gasteiger partial charge on any atom is 4.00 e.